The molecule has 1 N–H and O–H groups in total. The van der Waals surface area contributed by atoms with Crippen LogP contribution in [0.3, 0.4) is 0 Å². The van der Waals surface area contributed by atoms with Crippen molar-refractivity contribution < 1.29 is 9.18 Å². The van der Waals surface area contributed by atoms with Crippen LogP contribution >= 0.6 is 0 Å². The molecule has 0 bridgehead atoms. The van der Waals surface area contributed by atoms with Crippen LogP contribution in [-0.4, -0.2) is 23.9 Å². The van der Waals surface area contributed by atoms with Gasteiger partial charge in [0.25, 0.3) is 0 Å². The van der Waals surface area contributed by atoms with Gasteiger partial charge in [-0.25, -0.2) is 4.39 Å². The predicted octanol–water partition coefficient (Wildman–Crippen LogP) is 4.08. The summed E-state index contributed by atoms with van der Waals surface area (Å²) in [5, 5.41) is 2.92. The van der Waals surface area contributed by atoms with Gasteiger partial charge in [0, 0.05) is 25.7 Å². The van der Waals surface area contributed by atoms with E-state index in [0.29, 0.717) is 19.6 Å². The minimum Gasteiger partial charge on any atom is -0.352 e. The van der Waals surface area contributed by atoms with E-state index in [1.807, 2.05) is 30.3 Å². The van der Waals surface area contributed by atoms with Crippen molar-refractivity contribution >= 4 is 5.91 Å². The molecule has 0 aromatic heterocycles. The maximum atomic E-state index is 13.2. The van der Waals surface area contributed by atoms with E-state index in [0.717, 1.165) is 18.4 Å². The van der Waals surface area contributed by atoms with Crippen LogP contribution in [0.1, 0.15) is 30.0 Å². The number of rotatable bonds is 6. The van der Waals surface area contributed by atoms with Crippen molar-refractivity contribution in [2.24, 2.45) is 5.92 Å². The highest BCUT2D eigenvalue weighted by Crippen LogP contribution is 2.34. The summed E-state index contributed by atoms with van der Waals surface area (Å²) in [5.41, 5.74) is 2.32. The van der Waals surface area contributed by atoms with Gasteiger partial charge in [0.1, 0.15) is 5.82 Å². The largest absolute Gasteiger partial charge is 0.352 e. The lowest BCUT2D eigenvalue weighted by Crippen LogP contribution is -2.44. The number of benzene rings is 2. The van der Waals surface area contributed by atoms with Gasteiger partial charge in [-0.2, -0.15) is 0 Å². The van der Waals surface area contributed by atoms with Gasteiger partial charge in [-0.1, -0.05) is 48.5 Å². The van der Waals surface area contributed by atoms with Gasteiger partial charge < -0.3 is 5.32 Å². The van der Waals surface area contributed by atoms with Crippen molar-refractivity contribution in [3.63, 3.8) is 0 Å². The van der Waals surface area contributed by atoms with Crippen LogP contribution in [0.5, 0.6) is 0 Å². The number of nitrogens with one attached hydrogen (secondary N) is 1. The van der Waals surface area contributed by atoms with Crippen molar-refractivity contribution in [2.45, 2.75) is 25.4 Å². The minimum atomic E-state index is -0.228. The Labute approximate surface area is 154 Å². The van der Waals surface area contributed by atoms with Crippen LogP contribution in [0.2, 0.25) is 0 Å². The summed E-state index contributed by atoms with van der Waals surface area (Å²) in [4.78, 5) is 14.7. The quantitative estimate of drug-likeness (QED) is 0.795. The van der Waals surface area contributed by atoms with Crippen LogP contribution in [0.4, 0.5) is 4.39 Å². The first-order valence-corrected chi connectivity index (χ1v) is 9.09. The molecule has 0 aliphatic carbocycles. The van der Waals surface area contributed by atoms with Crippen molar-refractivity contribution in [3.8, 4) is 0 Å². The van der Waals surface area contributed by atoms with Gasteiger partial charge in [-0.05, 0) is 36.1 Å². The number of hydrogen-bond acceptors (Lipinski definition) is 2. The molecule has 0 spiro atoms. The molecule has 1 saturated heterocycles. The number of piperidine rings is 1. The summed E-state index contributed by atoms with van der Waals surface area (Å²) >= 11 is 0. The van der Waals surface area contributed by atoms with E-state index in [2.05, 4.69) is 28.9 Å². The second-order valence-corrected chi connectivity index (χ2v) is 6.79. The Hall–Kier alpha value is -2.46. The molecule has 26 heavy (non-hydrogen) atoms. The van der Waals surface area contributed by atoms with Gasteiger partial charge in [0.15, 0.2) is 0 Å². The van der Waals surface area contributed by atoms with E-state index in [1.165, 1.54) is 17.7 Å². The van der Waals surface area contributed by atoms with Crippen LogP contribution in [0.25, 0.3) is 0 Å². The normalized spacial score (nSPS) is 20.5. The lowest BCUT2D eigenvalue weighted by molar-refractivity contribution is -0.127. The molecule has 136 valence electrons. The number of amides is 1. The molecule has 2 aromatic carbocycles. The first-order chi connectivity index (χ1) is 12.7. The van der Waals surface area contributed by atoms with Crippen molar-refractivity contribution in [2.75, 3.05) is 13.1 Å². The first-order valence-electron chi connectivity index (χ1n) is 9.09. The molecule has 0 radical (unpaired) electrons. The molecular weight excluding hydrogens is 327 g/mol. The van der Waals surface area contributed by atoms with Gasteiger partial charge >= 0.3 is 0 Å². The maximum absolute atomic E-state index is 13.2. The standard InChI is InChI=1S/C22H25FN2O/c1-2-14-24-22(26)19-10-13-21(18-6-4-3-5-7-18)25(16-19)15-17-8-11-20(23)12-9-17/h2-9,11-12,19,21H,1,10,13-16H2,(H,24,26)/t19-,21+/m1/s1. The lowest BCUT2D eigenvalue weighted by Gasteiger charge is -2.39. The van der Waals surface area contributed by atoms with Gasteiger partial charge in [-0.15, -0.1) is 6.58 Å². The van der Waals surface area contributed by atoms with Crippen molar-refractivity contribution in [1.82, 2.24) is 10.2 Å². The van der Waals surface area contributed by atoms with Gasteiger partial charge in [-0.3, -0.25) is 9.69 Å². The Bertz CT molecular complexity index is 730. The second-order valence-electron chi connectivity index (χ2n) is 6.79. The fourth-order valence-corrected chi connectivity index (χ4v) is 3.63. The average Bonchev–Trinajstić information content (AvgIpc) is 2.68. The Balaban J connectivity index is 1.77. The molecule has 0 saturated carbocycles. The molecule has 3 rings (SSSR count). The summed E-state index contributed by atoms with van der Waals surface area (Å²) in [6.45, 7) is 5.54. The maximum Gasteiger partial charge on any atom is 0.224 e. The molecule has 1 amide bonds. The molecule has 2 atom stereocenters. The number of carbonyl (C=O) groups excluding carboxylic acids is 1. The molecule has 4 heteroatoms. The molecule has 1 aliphatic heterocycles. The number of halogens is 1. The Kier molecular flexibility index (Phi) is 6.18. The average molecular weight is 352 g/mol. The summed E-state index contributed by atoms with van der Waals surface area (Å²) in [6.07, 6.45) is 3.49. The molecule has 1 fully saturated rings. The smallest absolute Gasteiger partial charge is 0.224 e. The number of likely N-dealkylation sites (tertiary alicyclic amines) is 1. The summed E-state index contributed by atoms with van der Waals surface area (Å²) in [6, 6.07) is 17.3. The van der Waals surface area contributed by atoms with Gasteiger partial charge in [0.2, 0.25) is 5.91 Å². The third kappa shape index (κ3) is 4.58. The molecule has 1 aliphatic rings. The van der Waals surface area contributed by atoms with Crippen LogP contribution < -0.4 is 5.32 Å². The Morgan fingerprint density at radius 3 is 2.58 bits per heavy atom. The zero-order chi connectivity index (χ0) is 18.4. The summed E-state index contributed by atoms with van der Waals surface area (Å²) in [7, 11) is 0. The van der Waals surface area contributed by atoms with E-state index in [1.54, 1.807) is 6.08 Å². The minimum absolute atomic E-state index is 0.0321. The van der Waals surface area contributed by atoms with Gasteiger partial charge in [0.05, 0.1) is 5.92 Å². The van der Waals surface area contributed by atoms with Crippen LogP contribution in [0.15, 0.2) is 67.3 Å². The highest BCUT2D eigenvalue weighted by molar-refractivity contribution is 5.79. The summed E-state index contributed by atoms with van der Waals surface area (Å²) in [5.74, 6) is -0.176. The summed E-state index contributed by atoms with van der Waals surface area (Å²) < 4.78 is 13.2. The van der Waals surface area contributed by atoms with E-state index >= 15 is 0 Å². The van der Waals surface area contributed by atoms with E-state index in [-0.39, 0.29) is 23.7 Å². The molecule has 0 unspecified atom stereocenters. The molecule has 3 nitrogen and oxygen atoms in total. The van der Waals surface area contributed by atoms with E-state index in [4.69, 9.17) is 0 Å². The van der Waals surface area contributed by atoms with Crippen molar-refractivity contribution in [3.05, 3.63) is 84.2 Å². The fourth-order valence-electron chi connectivity index (χ4n) is 3.63. The molecular formula is C22H25FN2O. The molecule has 2 aromatic rings. The number of nitrogens with zero attached hydrogens (tertiary/aromatic N) is 1. The number of carbonyl (C=O) groups is 1. The zero-order valence-electron chi connectivity index (χ0n) is 14.9. The zero-order valence-corrected chi connectivity index (χ0v) is 14.9. The number of hydrogen-bond donors (Lipinski definition) is 1. The SMILES string of the molecule is C=CCNC(=O)[C@@H]1CC[C@@H](c2ccccc2)N(Cc2ccc(F)cc2)C1. The highest BCUT2D eigenvalue weighted by atomic mass is 19.1. The third-order valence-corrected chi connectivity index (χ3v) is 4.96. The molecule has 1 heterocycles. The topological polar surface area (TPSA) is 32.3 Å². The highest BCUT2D eigenvalue weighted by Gasteiger charge is 2.32. The van der Waals surface area contributed by atoms with Crippen molar-refractivity contribution in [1.29, 1.82) is 0 Å². The Morgan fingerprint density at radius 1 is 1.15 bits per heavy atom. The van der Waals surface area contributed by atoms with E-state index in [9.17, 15) is 9.18 Å². The Morgan fingerprint density at radius 2 is 1.88 bits per heavy atom. The predicted molar refractivity (Wildman–Crippen MR) is 102 cm³/mol. The van der Waals surface area contributed by atoms with E-state index < -0.39 is 0 Å². The second kappa shape index (κ2) is 8.77. The monoisotopic (exact) mass is 352 g/mol. The van der Waals surface area contributed by atoms with Crippen LogP contribution in [0, 0.1) is 11.7 Å². The first kappa shape index (κ1) is 18.3. The lowest BCUT2D eigenvalue weighted by atomic mass is 9.88. The van der Waals surface area contributed by atoms with Crippen LogP contribution in [-0.2, 0) is 11.3 Å². The fraction of sp³-hybridized carbons (Fsp3) is 0.318. The third-order valence-electron chi connectivity index (χ3n) is 4.96.